The summed E-state index contributed by atoms with van der Waals surface area (Å²) in [5, 5.41) is -0.859. The molecular weight excluding hydrogens is 532 g/mol. The quantitative estimate of drug-likeness (QED) is 0.211. The molecule has 0 saturated heterocycles. The molecule has 202 valence electrons. The fourth-order valence-corrected chi connectivity index (χ4v) is 6.10. The Morgan fingerprint density at radius 2 is 1.33 bits per heavy atom. The Hall–Kier alpha value is -3.66. The third-order valence-corrected chi connectivity index (χ3v) is 9.16. The largest absolute Gasteiger partial charge is 0.497 e. The molecule has 1 aliphatic heterocycles. The summed E-state index contributed by atoms with van der Waals surface area (Å²) in [6, 6.07) is 30.2. The average molecular weight is 563 g/mol. The minimum Gasteiger partial charge on any atom is -0.497 e. The summed E-state index contributed by atoms with van der Waals surface area (Å²) in [5.74, 6) is 1.56. The van der Waals surface area contributed by atoms with Gasteiger partial charge in [0, 0.05) is 33.4 Å². The summed E-state index contributed by atoms with van der Waals surface area (Å²) in [6.07, 6.45) is 0.294. The van der Waals surface area contributed by atoms with Gasteiger partial charge in [-0.05, 0) is 92.2 Å². The summed E-state index contributed by atoms with van der Waals surface area (Å²) < 4.78 is 43.6. The van der Waals surface area contributed by atoms with Gasteiger partial charge >= 0.3 is 0 Å². The highest BCUT2D eigenvalue weighted by Gasteiger charge is 2.27. The highest BCUT2D eigenvalue weighted by atomic mass is 32.2. The van der Waals surface area contributed by atoms with Crippen molar-refractivity contribution in [3.8, 4) is 11.5 Å². The lowest BCUT2D eigenvalue weighted by atomic mass is 10.1. The van der Waals surface area contributed by atoms with Crippen LogP contribution in [0.15, 0.2) is 101 Å². The van der Waals surface area contributed by atoms with Crippen molar-refractivity contribution in [2.45, 2.75) is 28.4 Å². The van der Waals surface area contributed by atoms with Gasteiger partial charge in [-0.25, -0.2) is 0 Å². The fourth-order valence-electron chi connectivity index (χ4n) is 4.57. The Bertz CT molecular complexity index is 1510. The molecule has 5 rings (SSSR count). The van der Waals surface area contributed by atoms with Crippen molar-refractivity contribution in [3.63, 3.8) is 0 Å². The van der Waals surface area contributed by atoms with Crippen LogP contribution in [0.25, 0.3) is 0 Å². The second-order valence-electron chi connectivity index (χ2n) is 9.22. The number of para-hydroxylation sites is 1. The van der Waals surface area contributed by atoms with E-state index in [1.165, 1.54) is 6.92 Å². The van der Waals surface area contributed by atoms with E-state index < -0.39 is 15.4 Å². The van der Waals surface area contributed by atoms with E-state index in [1.807, 2.05) is 66.7 Å². The number of hydrogen-bond acceptors (Lipinski definition) is 7. The first-order chi connectivity index (χ1) is 18.8. The van der Waals surface area contributed by atoms with Gasteiger partial charge in [0.2, 0.25) is 0 Å². The van der Waals surface area contributed by atoms with Crippen molar-refractivity contribution < 1.29 is 22.4 Å². The number of methoxy groups -OCH3 is 2. The SMILES string of the molecule is COc1ccc(N(c2ccc(OC)cc2)c2ccc3c(c2)Sc2ccccc2N3CCC(C)S(=O)(=O)O)cc1. The Morgan fingerprint density at radius 3 is 1.90 bits per heavy atom. The molecule has 1 atom stereocenters. The number of nitrogens with zero attached hydrogens (tertiary/aromatic N) is 2. The van der Waals surface area contributed by atoms with Crippen LogP contribution >= 0.6 is 11.8 Å². The highest BCUT2D eigenvalue weighted by molar-refractivity contribution is 7.99. The average Bonchev–Trinajstić information content (AvgIpc) is 2.95. The van der Waals surface area contributed by atoms with Crippen molar-refractivity contribution in [3.05, 3.63) is 91.0 Å². The molecule has 1 N–H and O–H groups in total. The van der Waals surface area contributed by atoms with Crippen LogP contribution in [0.5, 0.6) is 11.5 Å². The maximum Gasteiger partial charge on any atom is 0.267 e. The molecule has 0 amide bonds. The molecule has 4 aromatic carbocycles. The monoisotopic (exact) mass is 562 g/mol. The van der Waals surface area contributed by atoms with Gasteiger partial charge < -0.3 is 19.3 Å². The number of anilines is 5. The number of hydrogen-bond donors (Lipinski definition) is 1. The van der Waals surface area contributed by atoms with Crippen LogP contribution in [-0.4, -0.2) is 39.0 Å². The summed E-state index contributed by atoms with van der Waals surface area (Å²) in [4.78, 5) is 6.45. The van der Waals surface area contributed by atoms with E-state index in [0.717, 1.165) is 49.7 Å². The molecule has 9 heteroatoms. The molecule has 0 bridgehead atoms. The van der Waals surface area contributed by atoms with E-state index in [0.29, 0.717) is 13.0 Å². The lowest BCUT2D eigenvalue weighted by Gasteiger charge is -2.34. The standard InChI is InChI=1S/C30H30N2O5S2/c1-21(39(33,34)35)18-19-31-27-6-4-5-7-29(27)38-30-20-24(12-17-28(30)31)32(22-8-13-25(36-2)14-9-22)23-10-15-26(37-3)16-11-23/h4-17,20-21H,18-19H2,1-3H3,(H,33,34,35). The van der Waals surface area contributed by atoms with Gasteiger partial charge in [-0.2, -0.15) is 8.42 Å². The Morgan fingerprint density at radius 1 is 0.795 bits per heavy atom. The second kappa shape index (κ2) is 11.2. The summed E-state index contributed by atoms with van der Waals surface area (Å²) in [6.45, 7) is 1.98. The van der Waals surface area contributed by atoms with Crippen LogP contribution in [0.4, 0.5) is 28.4 Å². The molecule has 39 heavy (non-hydrogen) atoms. The van der Waals surface area contributed by atoms with E-state index in [9.17, 15) is 13.0 Å². The Kier molecular flexibility index (Phi) is 7.74. The lowest BCUT2D eigenvalue weighted by molar-refractivity contribution is 0.415. The molecule has 0 aliphatic carbocycles. The van der Waals surface area contributed by atoms with Crippen LogP contribution in [0.3, 0.4) is 0 Å². The zero-order chi connectivity index (χ0) is 27.6. The highest BCUT2D eigenvalue weighted by Crippen LogP contribution is 2.50. The van der Waals surface area contributed by atoms with Gasteiger partial charge in [-0.1, -0.05) is 23.9 Å². The summed E-state index contributed by atoms with van der Waals surface area (Å²) >= 11 is 1.68. The first kappa shape index (κ1) is 26.9. The Labute approximate surface area is 233 Å². The molecule has 0 radical (unpaired) electrons. The van der Waals surface area contributed by atoms with Gasteiger partial charge in [0.05, 0.1) is 30.8 Å². The first-order valence-electron chi connectivity index (χ1n) is 12.5. The zero-order valence-corrected chi connectivity index (χ0v) is 23.6. The van der Waals surface area contributed by atoms with Crippen LogP contribution in [0, 0.1) is 0 Å². The van der Waals surface area contributed by atoms with E-state index >= 15 is 0 Å². The van der Waals surface area contributed by atoms with Gasteiger partial charge in [-0.3, -0.25) is 4.55 Å². The number of rotatable bonds is 9. The topological polar surface area (TPSA) is 79.3 Å². The van der Waals surface area contributed by atoms with Gasteiger partial charge in [0.1, 0.15) is 11.5 Å². The Balaban J connectivity index is 1.56. The lowest BCUT2D eigenvalue weighted by Crippen LogP contribution is -2.27. The van der Waals surface area contributed by atoms with Crippen LogP contribution in [0.1, 0.15) is 13.3 Å². The molecule has 0 saturated carbocycles. The number of ether oxygens (including phenoxy) is 2. The molecule has 0 aromatic heterocycles. The zero-order valence-electron chi connectivity index (χ0n) is 21.9. The van der Waals surface area contributed by atoms with E-state index in [1.54, 1.807) is 26.0 Å². The first-order valence-corrected chi connectivity index (χ1v) is 14.8. The van der Waals surface area contributed by atoms with Gasteiger partial charge in [-0.15, -0.1) is 0 Å². The molecule has 0 spiro atoms. The maximum atomic E-state index is 11.7. The molecule has 7 nitrogen and oxygen atoms in total. The number of benzene rings is 4. The van der Waals surface area contributed by atoms with E-state index in [-0.39, 0.29) is 0 Å². The van der Waals surface area contributed by atoms with Crippen LogP contribution in [0.2, 0.25) is 0 Å². The van der Waals surface area contributed by atoms with Crippen molar-refractivity contribution in [1.29, 1.82) is 0 Å². The molecule has 4 aromatic rings. The minimum atomic E-state index is -4.10. The smallest absolute Gasteiger partial charge is 0.267 e. The summed E-state index contributed by atoms with van der Waals surface area (Å²) in [5.41, 5.74) is 4.94. The third-order valence-electron chi connectivity index (χ3n) is 6.80. The molecule has 1 aliphatic rings. The van der Waals surface area contributed by atoms with E-state index in [4.69, 9.17) is 9.47 Å². The van der Waals surface area contributed by atoms with Crippen molar-refractivity contribution in [1.82, 2.24) is 0 Å². The second-order valence-corrected chi connectivity index (χ2v) is 12.1. The third kappa shape index (κ3) is 5.71. The molecular formula is C30H30N2O5S2. The van der Waals surface area contributed by atoms with Crippen LogP contribution in [-0.2, 0) is 10.1 Å². The van der Waals surface area contributed by atoms with Crippen LogP contribution < -0.4 is 19.3 Å². The summed E-state index contributed by atoms with van der Waals surface area (Å²) in [7, 11) is -0.804. The van der Waals surface area contributed by atoms with Gasteiger partial charge in [0.15, 0.2) is 0 Å². The number of fused-ring (bicyclic) bond motifs is 2. The fraction of sp³-hybridized carbons (Fsp3) is 0.200. The van der Waals surface area contributed by atoms with Crippen molar-refractivity contribution in [2.24, 2.45) is 0 Å². The minimum absolute atomic E-state index is 0.294. The van der Waals surface area contributed by atoms with Gasteiger partial charge in [0.25, 0.3) is 10.1 Å². The predicted molar refractivity (Wildman–Crippen MR) is 157 cm³/mol. The molecule has 0 fully saturated rings. The predicted octanol–water partition coefficient (Wildman–Crippen LogP) is 7.44. The molecule has 1 heterocycles. The van der Waals surface area contributed by atoms with E-state index in [2.05, 4.69) is 34.1 Å². The van der Waals surface area contributed by atoms with Crippen molar-refractivity contribution >= 4 is 50.3 Å². The maximum absolute atomic E-state index is 11.7. The van der Waals surface area contributed by atoms with Crippen molar-refractivity contribution in [2.75, 3.05) is 30.6 Å². The normalized spacial score (nSPS) is 13.3. The molecule has 1 unspecified atom stereocenters.